The molecule has 0 heterocycles. The standard InChI is InChI=1S/C12H10F9NO7S3/c1-2-7-3-5-8(6-4-7)29-32(27,28)11(17,18)9(13,14)10(15,16)30(23,24)22-31(25,26)12(19,20)21/h3-6,22H,2H2,1H3. The van der Waals surface area contributed by atoms with Gasteiger partial charge in [-0.3, -0.25) is 0 Å². The van der Waals surface area contributed by atoms with Gasteiger partial charge in [-0.15, -0.1) is 0 Å². The van der Waals surface area contributed by atoms with Gasteiger partial charge in [0.2, 0.25) is 0 Å². The predicted octanol–water partition coefficient (Wildman–Crippen LogP) is 2.55. The second kappa shape index (κ2) is 8.20. The zero-order valence-electron chi connectivity index (χ0n) is 15.0. The number of hydrogen-bond acceptors (Lipinski definition) is 7. The Bertz CT molecular complexity index is 1160. The van der Waals surface area contributed by atoms with E-state index >= 15 is 0 Å². The van der Waals surface area contributed by atoms with Gasteiger partial charge in [0.15, 0.2) is 0 Å². The first-order valence-electron chi connectivity index (χ1n) is 7.47. The van der Waals surface area contributed by atoms with E-state index in [9.17, 15) is 64.8 Å². The van der Waals surface area contributed by atoms with Crippen molar-refractivity contribution in [2.24, 2.45) is 0 Å². The maximum absolute atomic E-state index is 13.9. The lowest BCUT2D eigenvalue weighted by molar-refractivity contribution is -0.245. The lowest BCUT2D eigenvalue weighted by Crippen LogP contribution is -2.64. The smallest absolute Gasteiger partial charge is 0.378 e. The van der Waals surface area contributed by atoms with E-state index in [1.165, 1.54) is 0 Å². The molecule has 0 amide bonds. The molecule has 0 spiro atoms. The van der Waals surface area contributed by atoms with Crippen molar-refractivity contribution < 1.29 is 69.0 Å². The van der Waals surface area contributed by atoms with Gasteiger partial charge in [-0.1, -0.05) is 23.2 Å². The van der Waals surface area contributed by atoms with E-state index in [4.69, 9.17) is 0 Å². The molecule has 1 aromatic rings. The van der Waals surface area contributed by atoms with Crippen molar-refractivity contribution in [3.63, 3.8) is 0 Å². The Morgan fingerprint density at radius 1 is 0.750 bits per heavy atom. The molecule has 0 saturated carbocycles. The van der Waals surface area contributed by atoms with Crippen LogP contribution in [-0.2, 0) is 36.6 Å². The Morgan fingerprint density at radius 2 is 1.19 bits per heavy atom. The summed E-state index contributed by atoms with van der Waals surface area (Å²) in [6.07, 6.45) is 0.333. The van der Waals surface area contributed by atoms with E-state index in [2.05, 4.69) is 4.18 Å². The molecule has 0 aliphatic heterocycles. The van der Waals surface area contributed by atoms with Crippen LogP contribution in [0.4, 0.5) is 39.5 Å². The summed E-state index contributed by atoms with van der Waals surface area (Å²) in [5.74, 6) is -8.63. The third kappa shape index (κ3) is 4.76. The number of hydrogen-bond donors (Lipinski definition) is 1. The van der Waals surface area contributed by atoms with Gasteiger partial charge in [0.05, 0.1) is 0 Å². The number of sulfonamides is 2. The number of nitrogens with one attached hydrogen (secondary N) is 1. The van der Waals surface area contributed by atoms with Crippen LogP contribution in [0.25, 0.3) is 0 Å². The van der Waals surface area contributed by atoms with E-state index < -0.39 is 62.0 Å². The topological polar surface area (TPSA) is 124 Å². The molecular formula is C12H10F9NO7S3. The average molecular weight is 547 g/mol. The normalized spacial score (nSPS) is 14.9. The van der Waals surface area contributed by atoms with Crippen LogP contribution in [0.5, 0.6) is 5.75 Å². The molecule has 0 fully saturated rings. The molecule has 0 saturated heterocycles. The molecule has 0 radical (unpaired) electrons. The van der Waals surface area contributed by atoms with Crippen LogP contribution in [0.1, 0.15) is 12.5 Å². The minimum absolute atomic E-state index is 0.333. The summed E-state index contributed by atoms with van der Waals surface area (Å²) in [5.41, 5.74) is -6.19. The Balaban J connectivity index is 3.45. The largest absolute Gasteiger partial charge is 0.512 e. The summed E-state index contributed by atoms with van der Waals surface area (Å²) in [6.45, 7) is 1.59. The summed E-state index contributed by atoms with van der Waals surface area (Å²) in [4.78, 5) is 0. The number of benzene rings is 1. The van der Waals surface area contributed by atoms with E-state index in [0.717, 1.165) is 12.1 Å². The van der Waals surface area contributed by atoms with Crippen molar-refractivity contribution in [2.45, 2.75) is 35.3 Å². The van der Waals surface area contributed by atoms with Crippen molar-refractivity contribution in [1.82, 2.24) is 4.13 Å². The fraction of sp³-hybridized carbons (Fsp3) is 0.500. The van der Waals surface area contributed by atoms with E-state index in [1.54, 1.807) is 6.92 Å². The number of alkyl halides is 9. The molecule has 0 bridgehead atoms. The number of aryl methyl sites for hydroxylation is 1. The highest BCUT2D eigenvalue weighted by Crippen LogP contribution is 2.51. The minimum Gasteiger partial charge on any atom is -0.378 e. The van der Waals surface area contributed by atoms with Crippen LogP contribution in [-0.4, -0.2) is 47.2 Å². The zero-order valence-corrected chi connectivity index (χ0v) is 17.5. The molecular weight excluding hydrogens is 537 g/mol. The Hall–Kier alpha value is -1.80. The average Bonchev–Trinajstić information content (AvgIpc) is 2.59. The first-order chi connectivity index (χ1) is 14.0. The lowest BCUT2D eigenvalue weighted by Gasteiger charge is -2.31. The van der Waals surface area contributed by atoms with E-state index in [0.29, 0.717) is 24.1 Å². The summed E-state index contributed by atoms with van der Waals surface area (Å²) in [7, 11) is -22.3. The Kier molecular flexibility index (Phi) is 7.24. The van der Waals surface area contributed by atoms with Crippen LogP contribution in [0.15, 0.2) is 24.3 Å². The van der Waals surface area contributed by atoms with Crippen LogP contribution in [0.3, 0.4) is 0 Å². The van der Waals surface area contributed by atoms with Crippen LogP contribution in [0, 0.1) is 0 Å². The first kappa shape index (κ1) is 28.2. The third-order valence-electron chi connectivity index (χ3n) is 3.44. The van der Waals surface area contributed by atoms with E-state index in [1.807, 2.05) is 0 Å². The van der Waals surface area contributed by atoms with Crippen molar-refractivity contribution >= 4 is 30.2 Å². The summed E-state index contributed by atoms with van der Waals surface area (Å²) >= 11 is 0. The molecule has 1 rings (SSSR count). The molecule has 0 aliphatic rings. The molecule has 1 aromatic carbocycles. The fourth-order valence-electron chi connectivity index (χ4n) is 1.70. The fourth-order valence-corrected chi connectivity index (χ4v) is 5.09. The highest BCUT2D eigenvalue weighted by molar-refractivity contribution is 8.05. The highest BCUT2D eigenvalue weighted by Gasteiger charge is 2.83. The van der Waals surface area contributed by atoms with Crippen molar-refractivity contribution in [1.29, 1.82) is 0 Å². The second-order valence-electron chi connectivity index (χ2n) is 5.68. The van der Waals surface area contributed by atoms with E-state index in [-0.39, 0.29) is 0 Å². The summed E-state index contributed by atoms with van der Waals surface area (Å²) in [5, 5.41) is -14.5. The Morgan fingerprint density at radius 3 is 1.56 bits per heavy atom. The quantitative estimate of drug-likeness (QED) is 0.372. The number of halogens is 9. The predicted molar refractivity (Wildman–Crippen MR) is 87.2 cm³/mol. The maximum Gasteiger partial charge on any atom is 0.512 e. The van der Waals surface area contributed by atoms with Gasteiger partial charge in [-0.25, -0.2) is 16.8 Å². The minimum atomic E-state index is -7.82. The van der Waals surface area contributed by atoms with Crippen LogP contribution >= 0.6 is 0 Å². The van der Waals surface area contributed by atoms with Crippen LogP contribution < -0.4 is 8.31 Å². The summed E-state index contributed by atoms with van der Waals surface area (Å²) < 4.78 is 189. The maximum atomic E-state index is 13.9. The second-order valence-corrected chi connectivity index (χ2v) is 10.9. The molecule has 186 valence electrons. The monoisotopic (exact) mass is 547 g/mol. The molecule has 0 aromatic heterocycles. The van der Waals surface area contributed by atoms with Crippen LogP contribution in [0.2, 0.25) is 0 Å². The van der Waals surface area contributed by atoms with Crippen molar-refractivity contribution in [3.8, 4) is 5.75 Å². The van der Waals surface area contributed by atoms with Gasteiger partial charge in [0, 0.05) is 0 Å². The molecule has 1 N–H and O–H groups in total. The third-order valence-corrected chi connectivity index (χ3v) is 8.04. The molecule has 0 unspecified atom stereocenters. The molecule has 0 aliphatic carbocycles. The SMILES string of the molecule is CCc1ccc(OS(=O)(=O)C(F)(F)C(F)(F)C(F)(F)S(=O)(=O)NS(=O)(=O)C(F)(F)F)cc1. The molecule has 20 heteroatoms. The number of rotatable bonds is 9. The molecule has 0 atom stereocenters. The zero-order chi connectivity index (χ0) is 25.6. The van der Waals surface area contributed by atoms with Gasteiger partial charge >= 0.3 is 42.1 Å². The van der Waals surface area contributed by atoms with Gasteiger partial charge in [-0.2, -0.15) is 47.9 Å². The first-order valence-corrected chi connectivity index (χ1v) is 11.8. The summed E-state index contributed by atoms with van der Waals surface area (Å²) in [6, 6.07) is 3.42. The van der Waals surface area contributed by atoms with Gasteiger partial charge in [0.1, 0.15) is 5.75 Å². The van der Waals surface area contributed by atoms with Crippen molar-refractivity contribution in [2.75, 3.05) is 0 Å². The van der Waals surface area contributed by atoms with Gasteiger partial charge in [-0.05, 0) is 24.1 Å². The van der Waals surface area contributed by atoms with Gasteiger partial charge in [0.25, 0.3) is 10.0 Å². The molecule has 8 nitrogen and oxygen atoms in total. The van der Waals surface area contributed by atoms with Gasteiger partial charge < -0.3 is 4.18 Å². The van der Waals surface area contributed by atoms with Crippen molar-refractivity contribution in [3.05, 3.63) is 29.8 Å². The lowest BCUT2D eigenvalue weighted by atomic mass is 10.2. The highest BCUT2D eigenvalue weighted by atomic mass is 32.3. The Labute approximate surface area is 174 Å². The molecule has 32 heavy (non-hydrogen) atoms.